The summed E-state index contributed by atoms with van der Waals surface area (Å²) in [5.74, 6) is 0.534. The lowest BCUT2D eigenvalue weighted by molar-refractivity contribution is 0.263. The highest BCUT2D eigenvalue weighted by atomic mass is 32.2. The molecule has 22 heavy (non-hydrogen) atoms. The lowest BCUT2D eigenvalue weighted by Gasteiger charge is -2.20. The van der Waals surface area contributed by atoms with Gasteiger partial charge in [-0.2, -0.15) is 0 Å². The number of carbonyl (C=O) groups is 1. The Balaban J connectivity index is 2.56. The summed E-state index contributed by atoms with van der Waals surface area (Å²) in [5.41, 5.74) is 2.59. The van der Waals surface area contributed by atoms with Crippen LogP contribution in [0.5, 0.6) is 5.75 Å². The number of rotatable bonds is 5. The molecule has 0 aliphatic carbocycles. The molecule has 1 heterocycles. The molecule has 1 radical (unpaired) electrons. The number of anilines is 1. The fourth-order valence-corrected chi connectivity index (χ4v) is 3.73. The number of thioether (sulfide) groups is 1. The van der Waals surface area contributed by atoms with E-state index in [1.165, 1.54) is 11.8 Å². The second-order valence-electron chi connectivity index (χ2n) is 5.82. The van der Waals surface area contributed by atoms with E-state index in [1.807, 2.05) is 13.8 Å². The van der Waals surface area contributed by atoms with Crippen LogP contribution in [0.4, 0.5) is 10.5 Å². The Morgan fingerprint density at radius 3 is 2.77 bits per heavy atom. The summed E-state index contributed by atoms with van der Waals surface area (Å²) in [6.07, 6.45) is 1.65. The van der Waals surface area contributed by atoms with Crippen LogP contribution in [0.3, 0.4) is 0 Å². The molecule has 5 heteroatoms. The van der Waals surface area contributed by atoms with E-state index in [1.54, 1.807) is 29.7 Å². The second-order valence-corrected chi connectivity index (χ2v) is 6.80. The van der Waals surface area contributed by atoms with Crippen molar-refractivity contribution in [3.05, 3.63) is 35.8 Å². The maximum atomic E-state index is 12.4. The van der Waals surface area contributed by atoms with Crippen LogP contribution in [0.1, 0.15) is 37.8 Å². The molecule has 1 atom stereocenters. The molecule has 1 unspecified atom stereocenters. The highest BCUT2D eigenvalue weighted by molar-refractivity contribution is 8.02. The molecule has 0 spiro atoms. The third-order valence-electron chi connectivity index (χ3n) is 3.70. The molecule has 1 aliphatic rings. The van der Waals surface area contributed by atoms with Crippen LogP contribution in [-0.2, 0) is 0 Å². The predicted octanol–water partition coefficient (Wildman–Crippen LogP) is 4.85. The molecule has 0 fully saturated rings. The van der Waals surface area contributed by atoms with Gasteiger partial charge in [-0.15, -0.1) is 0 Å². The quantitative estimate of drug-likeness (QED) is 0.624. The summed E-state index contributed by atoms with van der Waals surface area (Å²) in [5, 5.41) is 12.0. The number of fused-ring (bicyclic) bond motifs is 1. The van der Waals surface area contributed by atoms with Crippen molar-refractivity contribution in [1.82, 2.24) is 0 Å². The molecule has 115 valence electrons. The van der Waals surface area contributed by atoms with Crippen LogP contribution in [0, 0.1) is 0 Å². The minimum Gasteiger partial charge on any atom is -0.507 e. The highest BCUT2D eigenvalue weighted by Crippen LogP contribution is 2.47. The van der Waals surface area contributed by atoms with Crippen LogP contribution < -0.4 is 4.90 Å². The van der Waals surface area contributed by atoms with Gasteiger partial charge in [0.15, 0.2) is 5.81 Å². The number of nitrogens with zero attached hydrogens (tertiary/aromatic N) is 1. The zero-order valence-electron chi connectivity index (χ0n) is 13.3. The van der Waals surface area contributed by atoms with Crippen molar-refractivity contribution < 1.29 is 9.90 Å². The number of phenolic OH excluding ortho intramolecular Hbond substituents is 1. The molecule has 1 amide bonds. The van der Waals surface area contributed by atoms with E-state index in [2.05, 4.69) is 20.1 Å². The highest BCUT2D eigenvalue weighted by Gasteiger charge is 2.34. The zero-order chi connectivity index (χ0) is 16.4. The summed E-state index contributed by atoms with van der Waals surface area (Å²) in [4.78, 5) is 15.1. The average Bonchev–Trinajstić information content (AvgIpc) is 2.75. The number of carbonyl (C=O) groups excluding carboxylic acids is 1. The van der Waals surface area contributed by atoms with Crippen LogP contribution in [0.25, 0.3) is 6.08 Å². The summed E-state index contributed by atoms with van der Waals surface area (Å²) in [6, 6.07) is 1.68. The van der Waals surface area contributed by atoms with Gasteiger partial charge in [-0.05, 0) is 11.0 Å². The first-order valence-corrected chi connectivity index (χ1v) is 8.24. The zero-order valence-corrected chi connectivity index (χ0v) is 14.1. The smallest absolute Gasteiger partial charge is 0.236 e. The van der Waals surface area contributed by atoms with Gasteiger partial charge in [0.05, 0.1) is 5.69 Å². The Hall–Kier alpha value is -1.62. The van der Waals surface area contributed by atoms with E-state index in [4.69, 9.17) is 0 Å². The van der Waals surface area contributed by atoms with E-state index in [0.29, 0.717) is 12.1 Å². The van der Waals surface area contributed by atoms with Crippen molar-refractivity contribution in [2.45, 2.75) is 37.4 Å². The number of aromatic hydroxyl groups is 1. The number of hydrogen-bond donors (Lipinski definition) is 1. The summed E-state index contributed by atoms with van der Waals surface area (Å²) < 4.78 is 0. The maximum Gasteiger partial charge on any atom is 0.236 e. The van der Waals surface area contributed by atoms with Crippen molar-refractivity contribution >= 4 is 36.6 Å². The average molecular weight is 314 g/mol. The maximum absolute atomic E-state index is 12.4. The van der Waals surface area contributed by atoms with E-state index < -0.39 is 0 Å². The van der Waals surface area contributed by atoms with Gasteiger partial charge in [0, 0.05) is 29.0 Å². The molecule has 1 aromatic rings. The van der Waals surface area contributed by atoms with E-state index >= 15 is 0 Å². The third kappa shape index (κ3) is 2.95. The molecule has 0 saturated carbocycles. The van der Waals surface area contributed by atoms with Crippen LogP contribution in [-0.4, -0.2) is 24.7 Å². The van der Waals surface area contributed by atoms with Gasteiger partial charge in [0.1, 0.15) is 5.75 Å². The van der Waals surface area contributed by atoms with Gasteiger partial charge in [0.2, 0.25) is 7.28 Å². The minimum absolute atomic E-state index is 0.0130. The summed E-state index contributed by atoms with van der Waals surface area (Å²) in [7, 11) is 1.71. The van der Waals surface area contributed by atoms with Crippen molar-refractivity contribution in [2.24, 2.45) is 0 Å². The minimum atomic E-state index is -0.0130. The fraction of sp³-hybridized carbons (Fsp3) is 0.353. The molecule has 1 aliphatic heterocycles. The summed E-state index contributed by atoms with van der Waals surface area (Å²) >= 11 is 1.46. The van der Waals surface area contributed by atoms with Gasteiger partial charge in [-0.3, -0.25) is 4.79 Å². The molecule has 1 N–H and O–H groups in total. The molecule has 3 nitrogen and oxygen atoms in total. The Morgan fingerprint density at radius 2 is 2.23 bits per heavy atom. The molecule has 0 aromatic heterocycles. The summed E-state index contributed by atoms with van der Waals surface area (Å²) in [6.45, 7) is 14.2. The normalized spacial score (nSPS) is 16.5. The van der Waals surface area contributed by atoms with Crippen LogP contribution >= 0.6 is 11.8 Å². The molecule has 0 bridgehead atoms. The van der Waals surface area contributed by atoms with Gasteiger partial charge in [-0.25, -0.2) is 0 Å². The van der Waals surface area contributed by atoms with Gasteiger partial charge < -0.3 is 10.0 Å². The Morgan fingerprint density at radius 1 is 1.55 bits per heavy atom. The largest absolute Gasteiger partial charge is 0.507 e. The van der Waals surface area contributed by atoms with E-state index in [-0.39, 0.29) is 23.3 Å². The van der Waals surface area contributed by atoms with Crippen LogP contribution in [0.2, 0.25) is 5.82 Å². The lowest BCUT2D eigenvalue weighted by atomic mass is 9.65. The van der Waals surface area contributed by atoms with Crippen molar-refractivity contribution in [3.8, 4) is 5.75 Å². The van der Waals surface area contributed by atoms with Crippen molar-refractivity contribution in [2.75, 3.05) is 11.4 Å². The number of amides is 1. The second kappa shape index (κ2) is 6.65. The number of benzene rings is 1. The standard InChI is InChI=1S/C17H21BNO2S/c1-6-12-14(20)8-13-15(16(12)22-7-2)11(5)9-19(13)17(21)18-10(3)4/h6-8,10-11,20H,1-2,9H2,3-5H3. The lowest BCUT2D eigenvalue weighted by Crippen LogP contribution is -2.33. The van der Waals surface area contributed by atoms with Crippen molar-refractivity contribution in [3.63, 3.8) is 0 Å². The Bertz CT molecular complexity index is 628. The number of hydrogen-bond acceptors (Lipinski definition) is 3. The van der Waals surface area contributed by atoms with Crippen molar-refractivity contribution in [1.29, 1.82) is 0 Å². The predicted molar refractivity (Wildman–Crippen MR) is 96.3 cm³/mol. The van der Waals surface area contributed by atoms with E-state index in [0.717, 1.165) is 16.1 Å². The molecular weight excluding hydrogens is 293 g/mol. The van der Waals surface area contributed by atoms with Gasteiger partial charge in [0.25, 0.3) is 0 Å². The van der Waals surface area contributed by atoms with E-state index in [9.17, 15) is 9.90 Å². The first kappa shape index (κ1) is 16.8. The molecular formula is C17H21BNO2S. The Labute approximate surface area is 137 Å². The SMILES string of the molecule is C=CSc1c(C=C)c(O)cc2c1C(C)CN2C(=O)[B]C(C)C. The van der Waals surface area contributed by atoms with Gasteiger partial charge >= 0.3 is 0 Å². The Kier molecular flexibility index (Phi) is 5.06. The molecule has 2 rings (SSSR count). The fourth-order valence-electron chi connectivity index (χ4n) is 2.82. The number of phenols is 1. The van der Waals surface area contributed by atoms with Crippen LogP contribution in [0.15, 0.2) is 29.5 Å². The first-order valence-electron chi connectivity index (χ1n) is 7.36. The topological polar surface area (TPSA) is 40.5 Å². The third-order valence-corrected chi connectivity index (χ3v) is 4.54. The molecule has 1 aromatic carbocycles. The van der Waals surface area contributed by atoms with Gasteiger partial charge in [-0.1, -0.05) is 57.6 Å². The monoisotopic (exact) mass is 314 g/mol. The molecule has 0 saturated heterocycles. The first-order chi connectivity index (χ1) is 10.4.